The van der Waals surface area contributed by atoms with Crippen LogP contribution in [0.1, 0.15) is 20.3 Å². The molecule has 1 aromatic rings. The Bertz CT molecular complexity index is 583. The van der Waals surface area contributed by atoms with Crippen LogP contribution in [0.5, 0.6) is 0 Å². The van der Waals surface area contributed by atoms with E-state index in [0.717, 1.165) is 12.3 Å². The second-order valence-corrected chi connectivity index (χ2v) is 6.20. The van der Waals surface area contributed by atoms with Gasteiger partial charge in [0.2, 0.25) is 21.5 Å². The molecule has 100 valence electrons. The Balaban J connectivity index is 2.98. The quantitative estimate of drug-likeness (QED) is 0.657. The van der Waals surface area contributed by atoms with Gasteiger partial charge in [0.1, 0.15) is 0 Å². The Hall–Kier alpha value is -1.67. The first-order chi connectivity index (χ1) is 8.12. The van der Waals surface area contributed by atoms with Crippen LogP contribution in [0.3, 0.4) is 0 Å². The van der Waals surface area contributed by atoms with Crippen molar-refractivity contribution in [1.82, 2.24) is 9.71 Å². The monoisotopic (exact) mass is 273 g/mol. The number of carbonyl (C=O) groups excluding carboxylic acids is 1. The van der Waals surface area contributed by atoms with Crippen LogP contribution >= 0.6 is 0 Å². The molecule has 18 heavy (non-hydrogen) atoms. The predicted octanol–water partition coefficient (Wildman–Crippen LogP) is -0.693. The minimum Gasteiger partial charge on any atom is -0.370 e. The SMILES string of the molecule is CC(C)(CC(N)=O)NS(=O)(=O)c1ccc(=O)[nH]c1. The van der Waals surface area contributed by atoms with Crippen LogP contribution in [0, 0.1) is 0 Å². The summed E-state index contributed by atoms with van der Waals surface area (Å²) in [6, 6.07) is 2.29. The lowest BCUT2D eigenvalue weighted by molar-refractivity contribution is -0.119. The van der Waals surface area contributed by atoms with E-state index in [1.54, 1.807) is 13.8 Å². The Kier molecular flexibility index (Phi) is 3.92. The summed E-state index contributed by atoms with van der Waals surface area (Å²) in [5, 5.41) is 0. The molecule has 1 amide bonds. The first-order valence-corrected chi connectivity index (χ1v) is 6.62. The number of pyridine rings is 1. The number of hydrogen-bond donors (Lipinski definition) is 3. The van der Waals surface area contributed by atoms with Crippen LogP contribution in [0.2, 0.25) is 0 Å². The first-order valence-electron chi connectivity index (χ1n) is 5.13. The van der Waals surface area contributed by atoms with Crippen molar-refractivity contribution in [1.29, 1.82) is 0 Å². The van der Waals surface area contributed by atoms with Gasteiger partial charge in [-0.2, -0.15) is 0 Å². The highest BCUT2D eigenvalue weighted by Crippen LogP contribution is 2.13. The van der Waals surface area contributed by atoms with Gasteiger partial charge in [0.15, 0.2) is 0 Å². The normalized spacial score (nSPS) is 12.3. The molecule has 0 aliphatic heterocycles. The molecule has 0 aliphatic rings. The molecule has 0 fully saturated rings. The van der Waals surface area contributed by atoms with Crippen molar-refractivity contribution in [2.45, 2.75) is 30.7 Å². The average molecular weight is 273 g/mol. The van der Waals surface area contributed by atoms with Gasteiger partial charge in [-0.25, -0.2) is 13.1 Å². The summed E-state index contributed by atoms with van der Waals surface area (Å²) in [6.07, 6.45) is 0.959. The number of aromatic nitrogens is 1. The lowest BCUT2D eigenvalue weighted by Crippen LogP contribution is -2.45. The number of rotatable bonds is 5. The summed E-state index contributed by atoms with van der Waals surface area (Å²) in [6.45, 7) is 3.09. The van der Waals surface area contributed by atoms with Gasteiger partial charge in [0.05, 0.1) is 4.90 Å². The topological polar surface area (TPSA) is 122 Å². The molecule has 1 rings (SSSR count). The van der Waals surface area contributed by atoms with Crippen molar-refractivity contribution in [3.63, 3.8) is 0 Å². The van der Waals surface area contributed by atoms with Crippen LogP contribution in [0.4, 0.5) is 0 Å². The molecule has 1 heterocycles. The second-order valence-electron chi connectivity index (χ2n) is 4.52. The number of carbonyl (C=O) groups is 1. The van der Waals surface area contributed by atoms with Crippen molar-refractivity contribution in [3.05, 3.63) is 28.7 Å². The molecule has 7 nitrogen and oxygen atoms in total. The molecule has 0 bridgehead atoms. The van der Waals surface area contributed by atoms with Crippen LogP contribution in [0.25, 0.3) is 0 Å². The van der Waals surface area contributed by atoms with Gasteiger partial charge < -0.3 is 10.7 Å². The summed E-state index contributed by atoms with van der Waals surface area (Å²) >= 11 is 0. The number of H-pyrrole nitrogens is 1. The number of sulfonamides is 1. The summed E-state index contributed by atoms with van der Waals surface area (Å²) in [5.41, 5.74) is 3.64. The maximum atomic E-state index is 12.0. The third-order valence-corrected chi connectivity index (χ3v) is 3.79. The van der Waals surface area contributed by atoms with Gasteiger partial charge in [-0.15, -0.1) is 0 Å². The Morgan fingerprint density at radius 2 is 2.06 bits per heavy atom. The maximum Gasteiger partial charge on any atom is 0.247 e. The van der Waals surface area contributed by atoms with E-state index in [1.165, 1.54) is 6.07 Å². The highest BCUT2D eigenvalue weighted by molar-refractivity contribution is 7.89. The van der Waals surface area contributed by atoms with E-state index in [1.807, 2.05) is 0 Å². The van der Waals surface area contributed by atoms with Gasteiger partial charge in [0, 0.05) is 24.2 Å². The molecule has 0 spiro atoms. The predicted molar refractivity (Wildman–Crippen MR) is 65.3 cm³/mol. The molecule has 0 saturated heterocycles. The van der Waals surface area contributed by atoms with E-state index in [4.69, 9.17) is 5.73 Å². The number of amides is 1. The Morgan fingerprint density at radius 3 is 2.50 bits per heavy atom. The van der Waals surface area contributed by atoms with Crippen molar-refractivity contribution >= 4 is 15.9 Å². The lowest BCUT2D eigenvalue weighted by atomic mass is 10.0. The molecule has 4 N–H and O–H groups in total. The summed E-state index contributed by atoms with van der Waals surface area (Å²) in [4.78, 5) is 23.9. The van der Waals surface area contributed by atoms with Gasteiger partial charge in [-0.05, 0) is 19.9 Å². The van der Waals surface area contributed by atoms with E-state index in [2.05, 4.69) is 9.71 Å². The minimum absolute atomic E-state index is 0.0837. The Morgan fingerprint density at radius 1 is 1.44 bits per heavy atom. The fourth-order valence-corrected chi connectivity index (χ4v) is 2.84. The fourth-order valence-electron chi connectivity index (χ4n) is 1.46. The smallest absolute Gasteiger partial charge is 0.247 e. The third kappa shape index (κ3) is 3.97. The van der Waals surface area contributed by atoms with Gasteiger partial charge >= 0.3 is 0 Å². The van der Waals surface area contributed by atoms with Crippen LogP contribution in [-0.4, -0.2) is 24.8 Å². The van der Waals surface area contributed by atoms with Crippen LogP contribution in [0.15, 0.2) is 28.0 Å². The van der Waals surface area contributed by atoms with E-state index in [9.17, 15) is 18.0 Å². The standard InChI is InChI=1S/C10H15N3O4S/c1-10(2,5-8(11)14)13-18(16,17)7-3-4-9(15)12-6-7/h3-4,6,13H,5H2,1-2H3,(H2,11,14)(H,12,15). The van der Waals surface area contributed by atoms with E-state index in [0.29, 0.717) is 0 Å². The summed E-state index contributed by atoms with van der Waals surface area (Å²) in [5.74, 6) is -0.607. The number of nitrogens with one attached hydrogen (secondary N) is 2. The molecule has 0 radical (unpaired) electrons. The number of hydrogen-bond acceptors (Lipinski definition) is 4. The third-order valence-electron chi connectivity index (χ3n) is 2.09. The van der Waals surface area contributed by atoms with Crippen LogP contribution in [-0.2, 0) is 14.8 Å². The fraction of sp³-hybridized carbons (Fsp3) is 0.400. The maximum absolute atomic E-state index is 12.0. The molecule has 8 heteroatoms. The zero-order valence-electron chi connectivity index (χ0n) is 10.1. The number of aromatic amines is 1. The van der Waals surface area contributed by atoms with Gasteiger partial charge in [-0.1, -0.05) is 0 Å². The van der Waals surface area contributed by atoms with Crippen molar-refractivity contribution in [3.8, 4) is 0 Å². The lowest BCUT2D eigenvalue weighted by Gasteiger charge is -2.24. The zero-order valence-corrected chi connectivity index (χ0v) is 10.9. The largest absolute Gasteiger partial charge is 0.370 e. The average Bonchev–Trinajstić information content (AvgIpc) is 2.13. The van der Waals surface area contributed by atoms with Crippen molar-refractivity contribution in [2.75, 3.05) is 0 Å². The molecular formula is C10H15N3O4S. The first kappa shape index (κ1) is 14.4. The second kappa shape index (κ2) is 4.91. The Labute approximate surface area is 104 Å². The van der Waals surface area contributed by atoms with E-state index in [-0.39, 0.29) is 11.3 Å². The highest BCUT2D eigenvalue weighted by Gasteiger charge is 2.27. The minimum atomic E-state index is -3.81. The molecule has 0 aliphatic carbocycles. The van der Waals surface area contributed by atoms with Crippen molar-refractivity contribution in [2.24, 2.45) is 5.73 Å². The molecule has 0 aromatic carbocycles. The summed E-state index contributed by atoms with van der Waals surface area (Å²) in [7, 11) is -3.81. The van der Waals surface area contributed by atoms with Gasteiger partial charge in [-0.3, -0.25) is 9.59 Å². The molecule has 0 saturated carbocycles. The van der Waals surface area contributed by atoms with E-state index < -0.39 is 27.0 Å². The number of primary amides is 1. The summed E-state index contributed by atoms with van der Waals surface area (Å²) < 4.78 is 26.3. The van der Waals surface area contributed by atoms with E-state index >= 15 is 0 Å². The molecule has 0 atom stereocenters. The van der Waals surface area contributed by atoms with Crippen LogP contribution < -0.4 is 16.0 Å². The van der Waals surface area contributed by atoms with Gasteiger partial charge in [0.25, 0.3) is 0 Å². The van der Waals surface area contributed by atoms with Crippen molar-refractivity contribution < 1.29 is 13.2 Å². The molecule has 0 unspecified atom stereocenters. The highest BCUT2D eigenvalue weighted by atomic mass is 32.2. The zero-order chi connectivity index (χ0) is 14.0. The molecular weight excluding hydrogens is 258 g/mol. The number of nitrogens with two attached hydrogens (primary N) is 1. The molecule has 1 aromatic heterocycles.